The van der Waals surface area contributed by atoms with Crippen LogP contribution in [0.2, 0.25) is 0 Å². The van der Waals surface area contributed by atoms with E-state index in [1.54, 1.807) is 19.4 Å². The molecule has 1 aliphatic rings. The Labute approximate surface area is 120 Å². The highest BCUT2D eigenvalue weighted by Crippen LogP contribution is 2.36. The lowest BCUT2D eigenvalue weighted by atomic mass is 9.76. The van der Waals surface area contributed by atoms with E-state index in [9.17, 15) is 0 Å². The summed E-state index contributed by atoms with van der Waals surface area (Å²) in [6.45, 7) is 8.38. The molecule has 0 radical (unpaired) electrons. The maximum Gasteiger partial charge on any atom is 0.495 e. The van der Waals surface area contributed by atoms with E-state index in [0.29, 0.717) is 12.3 Å². The molecule has 20 heavy (non-hydrogen) atoms. The lowest BCUT2D eigenvalue weighted by Gasteiger charge is -2.32. The van der Waals surface area contributed by atoms with Crippen molar-refractivity contribution in [3.05, 3.63) is 23.5 Å². The first-order valence-electron chi connectivity index (χ1n) is 6.54. The molecule has 0 spiro atoms. The fourth-order valence-electron chi connectivity index (χ4n) is 2.03. The topological polar surface area (TPSA) is 64.4 Å². The van der Waals surface area contributed by atoms with Crippen molar-refractivity contribution in [1.29, 1.82) is 5.26 Å². The average Bonchev–Trinajstić information content (AvgIpc) is 2.59. The van der Waals surface area contributed by atoms with Crippen molar-refractivity contribution in [2.24, 2.45) is 0 Å². The molecule has 1 aromatic heterocycles. The van der Waals surface area contributed by atoms with Gasteiger partial charge < -0.3 is 14.0 Å². The Kier molecular flexibility index (Phi) is 3.87. The summed E-state index contributed by atoms with van der Waals surface area (Å²) in [6.07, 6.45) is 1.64. The summed E-state index contributed by atoms with van der Waals surface area (Å²) in [5.74, 6) is 0. The molecule has 0 N–H and O–H groups in total. The first kappa shape index (κ1) is 15.0. The summed E-state index contributed by atoms with van der Waals surface area (Å²) in [7, 11) is 1.10. The molecule has 0 aliphatic carbocycles. The molecule has 0 bridgehead atoms. The predicted molar refractivity (Wildman–Crippen MR) is 75.4 cm³/mol. The Balaban J connectivity index is 2.40. The quantitative estimate of drug-likeness (QED) is 0.779. The Bertz CT molecular complexity index is 536. The van der Waals surface area contributed by atoms with Crippen LogP contribution >= 0.6 is 0 Å². The van der Waals surface area contributed by atoms with E-state index < -0.39 is 18.3 Å². The molecule has 2 rings (SSSR count). The first-order chi connectivity index (χ1) is 9.30. The standard InChI is InChI=1S/C14H19BN2O3/c1-13(2)14(3,4)20-15(19-13)12-6-11(7-16)17-8-10(12)9-18-5/h6,8H,9H2,1-5H3. The lowest BCUT2D eigenvalue weighted by molar-refractivity contribution is 0.00578. The van der Waals surface area contributed by atoms with Crippen molar-refractivity contribution in [1.82, 2.24) is 4.98 Å². The van der Waals surface area contributed by atoms with E-state index >= 15 is 0 Å². The number of ether oxygens (including phenoxy) is 1. The van der Waals surface area contributed by atoms with Crippen molar-refractivity contribution in [2.45, 2.75) is 45.5 Å². The lowest BCUT2D eigenvalue weighted by Crippen LogP contribution is -2.41. The van der Waals surface area contributed by atoms with Crippen molar-refractivity contribution >= 4 is 12.6 Å². The van der Waals surface area contributed by atoms with Gasteiger partial charge in [0.2, 0.25) is 0 Å². The van der Waals surface area contributed by atoms with E-state index in [-0.39, 0.29) is 0 Å². The Morgan fingerprint density at radius 3 is 2.40 bits per heavy atom. The van der Waals surface area contributed by atoms with Crippen molar-refractivity contribution in [3.63, 3.8) is 0 Å². The van der Waals surface area contributed by atoms with Crippen LogP contribution in [-0.2, 0) is 20.7 Å². The number of aromatic nitrogens is 1. The smallest absolute Gasteiger partial charge is 0.399 e. The number of nitrogens with zero attached hydrogens (tertiary/aromatic N) is 2. The van der Waals surface area contributed by atoms with E-state index in [1.165, 1.54) is 0 Å². The number of nitriles is 1. The van der Waals surface area contributed by atoms with Gasteiger partial charge in [-0.2, -0.15) is 5.26 Å². The number of methoxy groups -OCH3 is 1. The highest BCUT2D eigenvalue weighted by molar-refractivity contribution is 6.62. The number of rotatable bonds is 3. The van der Waals surface area contributed by atoms with Gasteiger partial charge in [0.1, 0.15) is 11.8 Å². The number of hydrogen-bond donors (Lipinski definition) is 0. The molecule has 0 atom stereocenters. The molecule has 1 aliphatic heterocycles. The van der Waals surface area contributed by atoms with Crippen LogP contribution < -0.4 is 5.46 Å². The van der Waals surface area contributed by atoms with Crippen LogP contribution in [0.3, 0.4) is 0 Å². The van der Waals surface area contributed by atoms with E-state index in [4.69, 9.17) is 19.3 Å². The van der Waals surface area contributed by atoms with E-state index in [0.717, 1.165) is 11.0 Å². The SMILES string of the molecule is COCc1cnc(C#N)cc1B1OC(C)(C)C(C)(C)O1. The average molecular weight is 274 g/mol. The second kappa shape index (κ2) is 5.17. The summed E-state index contributed by atoms with van der Waals surface area (Å²) in [6, 6.07) is 3.74. The van der Waals surface area contributed by atoms with Crippen LogP contribution in [-0.4, -0.2) is 30.4 Å². The summed E-state index contributed by atoms with van der Waals surface area (Å²) in [5.41, 5.74) is 1.17. The maximum absolute atomic E-state index is 9.01. The van der Waals surface area contributed by atoms with E-state index in [1.807, 2.05) is 33.8 Å². The van der Waals surface area contributed by atoms with Crippen LogP contribution in [0.4, 0.5) is 0 Å². The molecule has 0 unspecified atom stereocenters. The van der Waals surface area contributed by atoms with Gasteiger partial charge in [-0.25, -0.2) is 4.98 Å². The predicted octanol–water partition coefficient (Wildman–Crippen LogP) is 1.40. The zero-order valence-electron chi connectivity index (χ0n) is 12.6. The minimum atomic E-state index is -0.514. The second-order valence-electron chi connectivity index (χ2n) is 5.90. The third kappa shape index (κ3) is 2.57. The molecular formula is C14H19BN2O3. The monoisotopic (exact) mass is 274 g/mol. The third-order valence-electron chi connectivity index (χ3n) is 3.94. The summed E-state index contributed by atoms with van der Waals surface area (Å²) in [5, 5.41) is 9.01. The Morgan fingerprint density at radius 2 is 1.90 bits per heavy atom. The van der Waals surface area contributed by atoms with Crippen LogP contribution in [0.25, 0.3) is 0 Å². The third-order valence-corrected chi connectivity index (χ3v) is 3.94. The van der Waals surface area contributed by atoms with Crippen LogP contribution in [0, 0.1) is 11.3 Å². The van der Waals surface area contributed by atoms with Gasteiger partial charge in [-0.3, -0.25) is 0 Å². The fraction of sp³-hybridized carbons (Fsp3) is 0.571. The molecule has 0 saturated carbocycles. The van der Waals surface area contributed by atoms with Crippen molar-refractivity contribution in [2.75, 3.05) is 7.11 Å². The van der Waals surface area contributed by atoms with Gasteiger partial charge in [0.15, 0.2) is 0 Å². The van der Waals surface area contributed by atoms with Gasteiger partial charge >= 0.3 is 7.12 Å². The molecule has 0 aromatic carbocycles. The molecule has 1 aromatic rings. The van der Waals surface area contributed by atoms with Crippen molar-refractivity contribution < 1.29 is 14.0 Å². The highest BCUT2D eigenvalue weighted by Gasteiger charge is 2.52. The van der Waals surface area contributed by atoms with Gasteiger partial charge in [-0.1, -0.05) is 0 Å². The van der Waals surface area contributed by atoms with Gasteiger partial charge in [-0.05, 0) is 44.8 Å². The summed E-state index contributed by atoms with van der Waals surface area (Å²) < 4.78 is 17.2. The molecule has 106 valence electrons. The molecule has 5 nitrogen and oxygen atoms in total. The number of pyridine rings is 1. The van der Waals surface area contributed by atoms with Crippen LogP contribution in [0.15, 0.2) is 12.3 Å². The highest BCUT2D eigenvalue weighted by atomic mass is 16.7. The molecule has 1 saturated heterocycles. The zero-order chi connectivity index (χ0) is 15.0. The first-order valence-corrected chi connectivity index (χ1v) is 6.54. The molecule has 2 heterocycles. The van der Waals surface area contributed by atoms with Gasteiger partial charge in [0.05, 0.1) is 17.8 Å². The summed E-state index contributed by atoms with van der Waals surface area (Å²) >= 11 is 0. The van der Waals surface area contributed by atoms with Crippen LogP contribution in [0.5, 0.6) is 0 Å². The van der Waals surface area contributed by atoms with Gasteiger partial charge in [0, 0.05) is 13.3 Å². The Morgan fingerprint density at radius 1 is 1.30 bits per heavy atom. The maximum atomic E-state index is 9.01. The zero-order valence-corrected chi connectivity index (χ0v) is 12.6. The largest absolute Gasteiger partial charge is 0.495 e. The summed E-state index contributed by atoms with van der Waals surface area (Å²) in [4.78, 5) is 4.07. The molecule has 0 amide bonds. The van der Waals surface area contributed by atoms with Crippen molar-refractivity contribution in [3.8, 4) is 6.07 Å². The Hall–Kier alpha value is -1.42. The fourth-order valence-corrected chi connectivity index (χ4v) is 2.03. The minimum absolute atomic E-state index is 0.342. The number of hydrogen-bond acceptors (Lipinski definition) is 5. The molecule has 6 heteroatoms. The normalized spacial score (nSPS) is 19.9. The van der Waals surface area contributed by atoms with E-state index in [2.05, 4.69) is 4.98 Å². The molecule has 1 fully saturated rings. The van der Waals surface area contributed by atoms with Gasteiger partial charge in [0.25, 0.3) is 0 Å². The molecular weight excluding hydrogens is 255 g/mol. The van der Waals surface area contributed by atoms with Gasteiger partial charge in [-0.15, -0.1) is 0 Å². The minimum Gasteiger partial charge on any atom is -0.399 e. The van der Waals surface area contributed by atoms with Crippen LogP contribution in [0.1, 0.15) is 39.0 Å². The second-order valence-corrected chi connectivity index (χ2v) is 5.90.